The molecule has 0 aromatic heterocycles. The van der Waals surface area contributed by atoms with Crippen molar-refractivity contribution in [2.75, 3.05) is 109 Å². The molecule has 0 heterocycles. The Labute approximate surface area is 327 Å². The van der Waals surface area contributed by atoms with E-state index in [9.17, 15) is 18.6 Å². The molecule has 0 aromatic rings. The standard InChI is InChI=1S/C28H52O8S11/c29-7-1-9-35-26(31)4-12-38-21-43-20-37-11-3-18-47(34)19-17-42-25-45-24-41-15-16-46-28(33)6-14-40-23-44-22-39-13-5-27(32)36-10-2-8-30/h29-30H,1-25H2. The summed E-state index contributed by atoms with van der Waals surface area (Å²) >= 11 is 17.8. The Bertz CT molecular complexity index is 772. The summed E-state index contributed by atoms with van der Waals surface area (Å²) in [5.74, 6) is 7.27. The van der Waals surface area contributed by atoms with E-state index in [0.29, 0.717) is 38.7 Å². The highest BCUT2D eigenvalue weighted by Crippen LogP contribution is 2.22. The van der Waals surface area contributed by atoms with Gasteiger partial charge in [0.2, 0.25) is 0 Å². The van der Waals surface area contributed by atoms with Crippen molar-refractivity contribution < 1.29 is 38.3 Å². The van der Waals surface area contributed by atoms with Crippen molar-refractivity contribution in [2.24, 2.45) is 0 Å². The van der Waals surface area contributed by atoms with Gasteiger partial charge < -0.3 is 19.7 Å². The van der Waals surface area contributed by atoms with Crippen LogP contribution >= 0.6 is 118 Å². The summed E-state index contributed by atoms with van der Waals surface area (Å²) in [6.45, 7) is 0.662. The predicted molar refractivity (Wildman–Crippen MR) is 226 cm³/mol. The van der Waals surface area contributed by atoms with E-state index in [1.165, 1.54) is 11.8 Å². The van der Waals surface area contributed by atoms with Crippen LogP contribution in [0.3, 0.4) is 0 Å². The Morgan fingerprint density at radius 1 is 0.489 bits per heavy atom. The molecule has 47 heavy (non-hydrogen) atoms. The van der Waals surface area contributed by atoms with Gasteiger partial charge >= 0.3 is 11.9 Å². The first-order chi connectivity index (χ1) is 23.0. The van der Waals surface area contributed by atoms with E-state index in [1.807, 2.05) is 70.6 Å². The van der Waals surface area contributed by atoms with Crippen LogP contribution in [0, 0.1) is 0 Å². The second kappa shape index (κ2) is 40.9. The van der Waals surface area contributed by atoms with E-state index < -0.39 is 10.8 Å². The van der Waals surface area contributed by atoms with Crippen molar-refractivity contribution in [1.82, 2.24) is 0 Å². The zero-order valence-electron chi connectivity index (χ0n) is 27.0. The highest BCUT2D eigenvalue weighted by molar-refractivity contribution is 8.24. The fourth-order valence-electron chi connectivity index (χ4n) is 2.78. The monoisotopic (exact) mass is 868 g/mol. The average Bonchev–Trinajstić information content (AvgIpc) is 3.05. The third-order valence-electron chi connectivity index (χ3n) is 5.09. The first-order valence-electron chi connectivity index (χ1n) is 15.2. The van der Waals surface area contributed by atoms with Crippen molar-refractivity contribution in [3.8, 4) is 0 Å². The van der Waals surface area contributed by atoms with Crippen molar-refractivity contribution in [2.45, 2.75) is 38.5 Å². The molecule has 0 amide bonds. The zero-order chi connectivity index (χ0) is 34.5. The Kier molecular flexibility index (Phi) is 42.8. The Morgan fingerprint density at radius 2 is 0.936 bits per heavy atom. The molecule has 0 saturated heterocycles. The van der Waals surface area contributed by atoms with Crippen LogP contribution in [0.25, 0.3) is 0 Å². The van der Waals surface area contributed by atoms with E-state index in [4.69, 9.17) is 19.7 Å². The van der Waals surface area contributed by atoms with Crippen molar-refractivity contribution in [3.63, 3.8) is 0 Å². The molecule has 0 aliphatic carbocycles. The molecule has 1 unspecified atom stereocenters. The minimum absolute atomic E-state index is 0.0379. The molecule has 0 aliphatic heterocycles. The number of ether oxygens (including phenoxy) is 2. The molecular weight excluding hydrogens is 817 g/mol. The molecular formula is C28H52O8S11. The van der Waals surface area contributed by atoms with E-state index in [1.54, 1.807) is 35.3 Å². The number of esters is 2. The fraction of sp³-hybridized carbons (Fsp3) is 0.893. The third kappa shape index (κ3) is 40.8. The third-order valence-corrected chi connectivity index (χ3v) is 19.0. The number of carbonyl (C=O) groups is 3. The normalized spacial score (nSPS) is 11.9. The molecule has 0 saturated carbocycles. The highest BCUT2D eigenvalue weighted by atomic mass is 32.2. The number of hydrogen-bond acceptors (Lipinski definition) is 18. The lowest BCUT2D eigenvalue weighted by Crippen LogP contribution is -2.07. The van der Waals surface area contributed by atoms with Gasteiger partial charge in [-0.3, -0.25) is 18.6 Å². The lowest BCUT2D eigenvalue weighted by Gasteiger charge is -2.05. The fourth-order valence-corrected chi connectivity index (χ4v) is 15.9. The quantitative estimate of drug-likeness (QED) is 0.0388. The lowest BCUT2D eigenvalue weighted by atomic mass is 10.5. The summed E-state index contributed by atoms with van der Waals surface area (Å²) in [6.07, 6.45) is 3.38. The predicted octanol–water partition coefficient (Wildman–Crippen LogP) is 6.75. The Morgan fingerprint density at radius 3 is 1.45 bits per heavy atom. The summed E-state index contributed by atoms with van der Waals surface area (Å²) < 4.78 is 22.2. The maximum atomic E-state index is 12.2. The van der Waals surface area contributed by atoms with E-state index in [-0.39, 0.29) is 36.9 Å². The van der Waals surface area contributed by atoms with Gasteiger partial charge in [-0.15, -0.1) is 35.3 Å². The number of carbonyl (C=O) groups excluding carboxylic acids is 3. The Balaban J connectivity index is 3.31. The van der Waals surface area contributed by atoms with Gasteiger partial charge in [-0.1, -0.05) is 11.8 Å². The molecule has 2 N–H and O–H groups in total. The van der Waals surface area contributed by atoms with Crippen LogP contribution < -0.4 is 0 Å². The minimum atomic E-state index is -0.740. The maximum absolute atomic E-state index is 12.2. The van der Waals surface area contributed by atoms with E-state index in [0.717, 1.165) is 88.7 Å². The largest absolute Gasteiger partial charge is 0.466 e. The average molecular weight is 869 g/mol. The molecule has 0 spiro atoms. The smallest absolute Gasteiger partial charge is 0.306 e. The first-order valence-corrected chi connectivity index (χ1v) is 28.1. The molecule has 0 fully saturated rings. The molecule has 0 radical (unpaired) electrons. The van der Waals surface area contributed by atoms with E-state index in [2.05, 4.69) is 0 Å². The first kappa shape index (κ1) is 49.2. The van der Waals surface area contributed by atoms with Gasteiger partial charge in [-0.05, 0) is 12.2 Å². The van der Waals surface area contributed by atoms with Gasteiger partial charge in [0, 0.05) is 120 Å². The number of aliphatic hydroxyl groups is 2. The van der Waals surface area contributed by atoms with Crippen molar-refractivity contribution >= 4 is 145 Å². The second-order valence-corrected chi connectivity index (χ2v) is 23.7. The number of rotatable bonds is 37. The van der Waals surface area contributed by atoms with E-state index >= 15 is 0 Å². The van der Waals surface area contributed by atoms with Crippen LogP contribution in [0.1, 0.15) is 38.5 Å². The molecule has 0 aliphatic rings. The molecule has 278 valence electrons. The number of hydrogen-bond donors (Lipinski definition) is 2. The molecule has 1 atom stereocenters. The molecule has 0 aromatic carbocycles. The molecule has 19 heteroatoms. The summed E-state index contributed by atoms with van der Waals surface area (Å²) in [4.78, 5) is 35.0. The van der Waals surface area contributed by atoms with Gasteiger partial charge in [0.05, 0.1) is 26.1 Å². The van der Waals surface area contributed by atoms with Crippen LogP contribution in [-0.2, 0) is 34.7 Å². The van der Waals surface area contributed by atoms with Gasteiger partial charge in [0.25, 0.3) is 0 Å². The highest BCUT2D eigenvalue weighted by Gasteiger charge is 2.06. The van der Waals surface area contributed by atoms with Crippen molar-refractivity contribution in [1.29, 1.82) is 0 Å². The van der Waals surface area contributed by atoms with Crippen LogP contribution in [-0.4, -0.2) is 140 Å². The molecule has 0 rings (SSSR count). The topological polar surface area (TPSA) is 127 Å². The minimum Gasteiger partial charge on any atom is -0.466 e. The maximum Gasteiger partial charge on any atom is 0.306 e. The lowest BCUT2D eigenvalue weighted by molar-refractivity contribution is -0.144. The summed E-state index contributed by atoms with van der Waals surface area (Å²) in [6, 6.07) is 0. The van der Waals surface area contributed by atoms with Crippen LogP contribution in [0.4, 0.5) is 0 Å². The second-order valence-electron chi connectivity index (χ2n) is 9.04. The number of thioether (sulfide) groups is 10. The summed E-state index contributed by atoms with van der Waals surface area (Å²) in [7, 11) is -0.740. The SMILES string of the molecule is O=C(CCSCSCSCCCS(=O)CCSCSCSCCSC(=O)CCSCSCSCCC(=O)OCCCO)OCCCO. The molecule has 8 nitrogen and oxygen atoms in total. The summed E-state index contributed by atoms with van der Waals surface area (Å²) in [5.41, 5.74) is 0. The van der Waals surface area contributed by atoms with Crippen molar-refractivity contribution in [3.05, 3.63) is 0 Å². The van der Waals surface area contributed by atoms with Crippen LogP contribution in [0.15, 0.2) is 0 Å². The summed E-state index contributed by atoms with van der Waals surface area (Å²) in [5, 5.41) is 23.5. The van der Waals surface area contributed by atoms with Gasteiger partial charge in [-0.2, -0.15) is 70.6 Å². The number of aliphatic hydroxyl groups excluding tert-OH is 2. The van der Waals surface area contributed by atoms with Gasteiger partial charge in [-0.25, -0.2) is 0 Å². The van der Waals surface area contributed by atoms with Gasteiger partial charge in [0.1, 0.15) is 0 Å². The molecule has 0 bridgehead atoms. The van der Waals surface area contributed by atoms with Gasteiger partial charge in [0.15, 0.2) is 5.12 Å². The van der Waals surface area contributed by atoms with Crippen LogP contribution in [0.2, 0.25) is 0 Å². The Hall–Kier alpha value is 2.18. The van der Waals surface area contributed by atoms with Crippen LogP contribution in [0.5, 0.6) is 0 Å². The zero-order valence-corrected chi connectivity index (χ0v) is 36.0.